The van der Waals surface area contributed by atoms with Gasteiger partial charge in [-0.2, -0.15) is 0 Å². The number of para-hydroxylation sites is 2. The van der Waals surface area contributed by atoms with E-state index in [0.29, 0.717) is 0 Å². The van der Waals surface area contributed by atoms with Crippen LogP contribution >= 0.6 is 0 Å². The Balaban J connectivity index is 1.99. The van der Waals surface area contributed by atoms with E-state index in [4.69, 9.17) is 0 Å². The summed E-state index contributed by atoms with van der Waals surface area (Å²) in [7, 11) is 1.30. The van der Waals surface area contributed by atoms with Crippen molar-refractivity contribution in [2.45, 2.75) is 13.0 Å². The molecule has 6 heteroatoms. The summed E-state index contributed by atoms with van der Waals surface area (Å²) in [5, 5.41) is 2.73. The average Bonchev–Trinajstić information content (AvgIpc) is 2.94. The SMILES string of the molecule is COC(=O)/C=C/CNC(=O)C(C)n1cnc2ccccc21. The molecule has 1 unspecified atom stereocenters. The fraction of sp³-hybridized carbons (Fsp3) is 0.267. The van der Waals surface area contributed by atoms with Crippen LogP contribution in [0.5, 0.6) is 0 Å². The second kappa shape index (κ2) is 6.69. The highest BCUT2D eigenvalue weighted by atomic mass is 16.5. The van der Waals surface area contributed by atoms with Crippen molar-refractivity contribution in [3.8, 4) is 0 Å². The molecule has 1 N–H and O–H groups in total. The maximum Gasteiger partial charge on any atom is 0.330 e. The molecule has 21 heavy (non-hydrogen) atoms. The molecule has 0 radical (unpaired) electrons. The van der Waals surface area contributed by atoms with Crippen molar-refractivity contribution in [1.29, 1.82) is 0 Å². The molecule has 0 aliphatic rings. The number of rotatable bonds is 5. The minimum Gasteiger partial charge on any atom is -0.466 e. The zero-order valence-corrected chi connectivity index (χ0v) is 11.9. The number of fused-ring (bicyclic) bond motifs is 1. The number of nitrogens with one attached hydrogen (secondary N) is 1. The Kier molecular flexibility index (Phi) is 4.71. The smallest absolute Gasteiger partial charge is 0.330 e. The van der Waals surface area contributed by atoms with Crippen LogP contribution in [0.3, 0.4) is 0 Å². The van der Waals surface area contributed by atoms with Gasteiger partial charge in [-0.3, -0.25) is 4.79 Å². The Bertz CT molecular complexity index is 676. The predicted molar refractivity (Wildman–Crippen MR) is 78.6 cm³/mol. The van der Waals surface area contributed by atoms with E-state index in [1.165, 1.54) is 13.2 Å². The maximum absolute atomic E-state index is 12.1. The molecule has 0 aliphatic heterocycles. The average molecular weight is 287 g/mol. The van der Waals surface area contributed by atoms with Crippen LogP contribution in [0.4, 0.5) is 0 Å². The Hall–Kier alpha value is -2.63. The Morgan fingerprint density at radius 1 is 1.43 bits per heavy atom. The van der Waals surface area contributed by atoms with E-state index >= 15 is 0 Å². The van der Waals surface area contributed by atoms with Crippen LogP contribution in [-0.4, -0.2) is 35.1 Å². The molecular weight excluding hydrogens is 270 g/mol. The number of ether oxygens (including phenoxy) is 1. The van der Waals surface area contributed by atoms with E-state index in [-0.39, 0.29) is 18.5 Å². The fourth-order valence-corrected chi connectivity index (χ4v) is 1.94. The molecule has 6 nitrogen and oxygen atoms in total. The van der Waals surface area contributed by atoms with Gasteiger partial charge in [0.2, 0.25) is 5.91 Å². The highest BCUT2D eigenvalue weighted by Gasteiger charge is 2.16. The largest absolute Gasteiger partial charge is 0.466 e. The Labute approximate surface area is 122 Å². The lowest BCUT2D eigenvalue weighted by Crippen LogP contribution is -2.30. The van der Waals surface area contributed by atoms with Crippen molar-refractivity contribution >= 4 is 22.9 Å². The lowest BCUT2D eigenvalue weighted by molar-refractivity contribution is -0.134. The van der Waals surface area contributed by atoms with Gasteiger partial charge in [0.05, 0.1) is 24.5 Å². The van der Waals surface area contributed by atoms with Crippen molar-refractivity contribution < 1.29 is 14.3 Å². The van der Waals surface area contributed by atoms with Gasteiger partial charge in [0.25, 0.3) is 0 Å². The van der Waals surface area contributed by atoms with Crippen molar-refractivity contribution in [2.24, 2.45) is 0 Å². The van der Waals surface area contributed by atoms with Gasteiger partial charge < -0.3 is 14.6 Å². The number of methoxy groups -OCH3 is 1. The minimum atomic E-state index is -0.446. The van der Waals surface area contributed by atoms with Crippen LogP contribution in [0.2, 0.25) is 0 Å². The summed E-state index contributed by atoms with van der Waals surface area (Å²) in [6.07, 6.45) is 4.47. The third kappa shape index (κ3) is 3.47. The van der Waals surface area contributed by atoms with E-state index in [2.05, 4.69) is 15.0 Å². The molecular formula is C15H17N3O3. The molecule has 0 spiro atoms. The van der Waals surface area contributed by atoms with Gasteiger partial charge in [-0.15, -0.1) is 0 Å². The predicted octanol–water partition coefficient (Wildman–Crippen LogP) is 1.44. The molecule has 2 aromatic rings. The number of carbonyl (C=O) groups is 2. The van der Waals surface area contributed by atoms with Crippen molar-refractivity contribution in [1.82, 2.24) is 14.9 Å². The molecule has 0 bridgehead atoms. The van der Waals surface area contributed by atoms with Gasteiger partial charge in [-0.1, -0.05) is 18.2 Å². The molecule has 0 saturated heterocycles. The van der Waals surface area contributed by atoms with Gasteiger partial charge in [0.15, 0.2) is 0 Å². The van der Waals surface area contributed by atoms with Gasteiger partial charge in [-0.05, 0) is 19.1 Å². The Morgan fingerprint density at radius 3 is 2.95 bits per heavy atom. The van der Waals surface area contributed by atoms with E-state index in [1.54, 1.807) is 19.3 Å². The summed E-state index contributed by atoms with van der Waals surface area (Å²) >= 11 is 0. The summed E-state index contributed by atoms with van der Waals surface area (Å²) in [6, 6.07) is 7.24. The molecule has 2 rings (SSSR count). The lowest BCUT2D eigenvalue weighted by atomic mass is 10.2. The van der Waals surface area contributed by atoms with Crippen LogP contribution in [-0.2, 0) is 14.3 Å². The topological polar surface area (TPSA) is 73.2 Å². The van der Waals surface area contributed by atoms with E-state index in [1.807, 2.05) is 28.8 Å². The zero-order valence-electron chi connectivity index (χ0n) is 11.9. The fourth-order valence-electron chi connectivity index (χ4n) is 1.94. The van der Waals surface area contributed by atoms with Gasteiger partial charge in [0.1, 0.15) is 6.04 Å². The van der Waals surface area contributed by atoms with Crippen molar-refractivity contribution in [3.63, 3.8) is 0 Å². The number of aromatic nitrogens is 2. The molecule has 1 aromatic carbocycles. The van der Waals surface area contributed by atoms with E-state index in [9.17, 15) is 9.59 Å². The maximum atomic E-state index is 12.1. The number of hydrogen-bond acceptors (Lipinski definition) is 4. The quantitative estimate of drug-likeness (QED) is 0.667. The molecule has 110 valence electrons. The number of esters is 1. The summed E-state index contributed by atoms with van der Waals surface area (Å²) in [5.41, 5.74) is 1.76. The molecule has 0 aliphatic carbocycles. The first-order chi connectivity index (χ1) is 10.1. The van der Waals surface area contributed by atoms with E-state index in [0.717, 1.165) is 11.0 Å². The minimum absolute atomic E-state index is 0.146. The highest BCUT2D eigenvalue weighted by Crippen LogP contribution is 2.17. The third-order valence-electron chi connectivity index (χ3n) is 3.13. The zero-order chi connectivity index (χ0) is 15.2. The van der Waals surface area contributed by atoms with Crippen molar-refractivity contribution in [3.05, 3.63) is 42.7 Å². The molecule has 1 amide bonds. The number of nitrogens with zero attached hydrogens (tertiary/aromatic N) is 2. The number of amides is 1. The summed E-state index contributed by atoms with van der Waals surface area (Å²) in [6.45, 7) is 2.07. The number of imidazole rings is 1. The molecule has 1 heterocycles. The Morgan fingerprint density at radius 2 is 2.19 bits per heavy atom. The van der Waals surface area contributed by atoms with Crippen LogP contribution in [0.1, 0.15) is 13.0 Å². The van der Waals surface area contributed by atoms with Crippen molar-refractivity contribution in [2.75, 3.05) is 13.7 Å². The molecule has 0 saturated carbocycles. The number of carbonyl (C=O) groups excluding carboxylic acids is 2. The van der Waals surface area contributed by atoms with E-state index < -0.39 is 5.97 Å². The summed E-state index contributed by atoms with van der Waals surface area (Å²) in [5.74, 6) is -0.592. The normalized spacial score (nSPS) is 12.5. The summed E-state index contributed by atoms with van der Waals surface area (Å²) in [4.78, 5) is 27.2. The van der Waals surface area contributed by atoms with Gasteiger partial charge >= 0.3 is 5.97 Å². The number of benzene rings is 1. The first-order valence-electron chi connectivity index (χ1n) is 6.57. The summed E-state index contributed by atoms with van der Waals surface area (Å²) < 4.78 is 6.28. The van der Waals surface area contributed by atoms with Crippen LogP contribution in [0.15, 0.2) is 42.7 Å². The second-order valence-corrected chi connectivity index (χ2v) is 4.49. The lowest BCUT2D eigenvalue weighted by Gasteiger charge is -2.13. The molecule has 1 atom stereocenters. The second-order valence-electron chi connectivity index (χ2n) is 4.49. The third-order valence-corrected chi connectivity index (χ3v) is 3.13. The van der Waals surface area contributed by atoms with Crippen LogP contribution < -0.4 is 5.32 Å². The molecule has 0 fully saturated rings. The molecule has 1 aromatic heterocycles. The van der Waals surface area contributed by atoms with Crippen LogP contribution in [0.25, 0.3) is 11.0 Å². The number of hydrogen-bond donors (Lipinski definition) is 1. The standard InChI is InChI=1S/C15H17N3O3/c1-11(15(20)16-9-5-8-14(19)21-2)18-10-17-12-6-3-4-7-13(12)18/h3-8,10-11H,9H2,1-2H3,(H,16,20)/b8-5+. The first-order valence-corrected chi connectivity index (χ1v) is 6.57. The van der Waals surface area contributed by atoms with Gasteiger partial charge in [0, 0.05) is 12.6 Å². The first kappa shape index (κ1) is 14.8. The van der Waals surface area contributed by atoms with Gasteiger partial charge in [-0.25, -0.2) is 9.78 Å². The highest BCUT2D eigenvalue weighted by molar-refractivity contribution is 5.84. The van der Waals surface area contributed by atoms with Crippen LogP contribution in [0, 0.1) is 0 Å². The monoisotopic (exact) mass is 287 g/mol.